The number of rotatable bonds is 3. The van der Waals surface area contributed by atoms with Gasteiger partial charge in [0.15, 0.2) is 0 Å². The Morgan fingerprint density at radius 3 is 2.57 bits per heavy atom. The van der Waals surface area contributed by atoms with E-state index in [0.717, 1.165) is 0 Å². The molecular formula is C12H17FO. The lowest BCUT2D eigenvalue weighted by atomic mass is 9.95. The van der Waals surface area contributed by atoms with Crippen molar-refractivity contribution in [2.75, 3.05) is 6.61 Å². The Kier molecular flexibility index (Phi) is 3.27. The topological polar surface area (TPSA) is 9.23 Å². The van der Waals surface area contributed by atoms with Crippen molar-refractivity contribution in [2.24, 2.45) is 0 Å². The molecule has 1 aromatic carbocycles. The van der Waals surface area contributed by atoms with Gasteiger partial charge in [0, 0.05) is 12.2 Å². The van der Waals surface area contributed by atoms with Crippen LogP contribution in [-0.2, 0) is 10.3 Å². The van der Waals surface area contributed by atoms with Crippen LogP contribution in [0.1, 0.15) is 31.9 Å². The number of benzene rings is 1. The first-order valence-electron chi connectivity index (χ1n) is 4.88. The molecule has 0 saturated carbocycles. The van der Waals surface area contributed by atoms with E-state index in [1.54, 1.807) is 19.1 Å². The van der Waals surface area contributed by atoms with Crippen LogP contribution in [0, 0.1) is 12.7 Å². The molecule has 1 rings (SSSR count). The fourth-order valence-corrected chi connectivity index (χ4v) is 1.55. The Balaban J connectivity index is 3.12. The molecule has 0 aliphatic heterocycles. The van der Waals surface area contributed by atoms with Gasteiger partial charge in [0.1, 0.15) is 5.82 Å². The van der Waals surface area contributed by atoms with E-state index in [9.17, 15) is 4.39 Å². The second-order valence-electron chi connectivity index (χ2n) is 3.88. The van der Waals surface area contributed by atoms with E-state index in [0.29, 0.717) is 17.7 Å². The molecule has 2 heteroatoms. The molecule has 1 aromatic rings. The van der Waals surface area contributed by atoms with E-state index >= 15 is 0 Å². The number of ether oxygens (including phenoxy) is 1. The largest absolute Gasteiger partial charge is 0.371 e. The number of hydrogen-bond acceptors (Lipinski definition) is 1. The van der Waals surface area contributed by atoms with Crippen molar-refractivity contribution in [2.45, 2.75) is 33.3 Å². The zero-order valence-corrected chi connectivity index (χ0v) is 9.23. The van der Waals surface area contributed by atoms with E-state index in [1.165, 1.54) is 0 Å². The van der Waals surface area contributed by atoms with E-state index in [1.807, 2.05) is 26.8 Å². The molecule has 0 spiro atoms. The lowest BCUT2D eigenvalue weighted by molar-refractivity contribution is -0.0165. The molecule has 0 radical (unpaired) electrons. The SMILES string of the molecule is CCOC(C)(C)c1cccc(C)c1F. The fourth-order valence-electron chi connectivity index (χ4n) is 1.55. The summed E-state index contributed by atoms with van der Waals surface area (Å²) in [5, 5.41) is 0. The summed E-state index contributed by atoms with van der Waals surface area (Å²) >= 11 is 0. The highest BCUT2D eigenvalue weighted by atomic mass is 19.1. The van der Waals surface area contributed by atoms with Gasteiger partial charge in [0.05, 0.1) is 5.60 Å². The summed E-state index contributed by atoms with van der Waals surface area (Å²) in [5.41, 5.74) is 0.736. The lowest BCUT2D eigenvalue weighted by Gasteiger charge is -2.26. The molecule has 0 aliphatic carbocycles. The molecule has 0 amide bonds. The summed E-state index contributed by atoms with van der Waals surface area (Å²) in [5.74, 6) is -0.161. The molecule has 0 heterocycles. The molecule has 14 heavy (non-hydrogen) atoms. The quantitative estimate of drug-likeness (QED) is 0.720. The molecule has 0 unspecified atom stereocenters. The van der Waals surface area contributed by atoms with Crippen LogP contribution in [0.25, 0.3) is 0 Å². The molecular weight excluding hydrogens is 179 g/mol. The van der Waals surface area contributed by atoms with E-state index in [4.69, 9.17) is 4.74 Å². The second kappa shape index (κ2) is 4.09. The first-order chi connectivity index (χ1) is 6.49. The van der Waals surface area contributed by atoms with Crippen LogP contribution in [-0.4, -0.2) is 6.61 Å². The van der Waals surface area contributed by atoms with Crippen LogP contribution < -0.4 is 0 Å². The van der Waals surface area contributed by atoms with Gasteiger partial charge in [0.25, 0.3) is 0 Å². The minimum atomic E-state index is -0.551. The van der Waals surface area contributed by atoms with E-state index in [2.05, 4.69) is 0 Å². The molecule has 0 aliphatic rings. The first-order valence-corrected chi connectivity index (χ1v) is 4.88. The van der Waals surface area contributed by atoms with Crippen LogP contribution in [0.5, 0.6) is 0 Å². The summed E-state index contributed by atoms with van der Waals surface area (Å²) in [6, 6.07) is 5.40. The van der Waals surface area contributed by atoms with E-state index < -0.39 is 5.60 Å². The van der Waals surface area contributed by atoms with Gasteiger partial charge >= 0.3 is 0 Å². The van der Waals surface area contributed by atoms with Crippen LogP contribution >= 0.6 is 0 Å². The average molecular weight is 196 g/mol. The number of hydrogen-bond donors (Lipinski definition) is 0. The minimum absolute atomic E-state index is 0.161. The number of aryl methyl sites for hydroxylation is 1. The molecule has 0 aromatic heterocycles. The lowest BCUT2D eigenvalue weighted by Crippen LogP contribution is -2.23. The predicted octanol–water partition coefficient (Wildman–Crippen LogP) is 3.41. The Morgan fingerprint density at radius 1 is 1.36 bits per heavy atom. The first kappa shape index (κ1) is 11.2. The highest BCUT2D eigenvalue weighted by Gasteiger charge is 2.24. The van der Waals surface area contributed by atoms with Gasteiger partial charge in [-0.2, -0.15) is 0 Å². The van der Waals surface area contributed by atoms with Crippen LogP contribution in [0.3, 0.4) is 0 Å². The van der Waals surface area contributed by atoms with Gasteiger partial charge in [0.2, 0.25) is 0 Å². The molecule has 0 saturated heterocycles. The van der Waals surface area contributed by atoms with Crippen molar-refractivity contribution in [3.63, 3.8) is 0 Å². The van der Waals surface area contributed by atoms with Gasteiger partial charge in [-0.15, -0.1) is 0 Å². The van der Waals surface area contributed by atoms with Crippen LogP contribution in [0.4, 0.5) is 4.39 Å². The maximum absolute atomic E-state index is 13.7. The van der Waals surface area contributed by atoms with Gasteiger partial charge in [-0.05, 0) is 33.3 Å². The minimum Gasteiger partial charge on any atom is -0.371 e. The average Bonchev–Trinajstić information content (AvgIpc) is 2.09. The van der Waals surface area contributed by atoms with Gasteiger partial charge in [-0.1, -0.05) is 18.2 Å². The smallest absolute Gasteiger partial charge is 0.132 e. The maximum atomic E-state index is 13.7. The van der Waals surface area contributed by atoms with Gasteiger partial charge < -0.3 is 4.74 Å². The predicted molar refractivity (Wildman–Crippen MR) is 55.8 cm³/mol. The van der Waals surface area contributed by atoms with Crippen molar-refractivity contribution in [1.82, 2.24) is 0 Å². The molecule has 78 valence electrons. The van der Waals surface area contributed by atoms with Crippen LogP contribution in [0.15, 0.2) is 18.2 Å². The third kappa shape index (κ3) is 2.13. The monoisotopic (exact) mass is 196 g/mol. The van der Waals surface area contributed by atoms with Crippen molar-refractivity contribution >= 4 is 0 Å². The molecule has 0 bridgehead atoms. The second-order valence-corrected chi connectivity index (χ2v) is 3.88. The summed E-state index contributed by atoms with van der Waals surface area (Å²) in [6.45, 7) is 8.03. The fraction of sp³-hybridized carbons (Fsp3) is 0.500. The maximum Gasteiger partial charge on any atom is 0.132 e. The zero-order chi connectivity index (χ0) is 10.8. The highest BCUT2D eigenvalue weighted by molar-refractivity contribution is 5.29. The van der Waals surface area contributed by atoms with Crippen molar-refractivity contribution < 1.29 is 9.13 Å². The molecule has 1 nitrogen and oxygen atoms in total. The zero-order valence-electron chi connectivity index (χ0n) is 9.23. The number of halogens is 1. The summed E-state index contributed by atoms with van der Waals surface area (Å²) < 4.78 is 19.3. The summed E-state index contributed by atoms with van der Waals surface area (Å²) in [6.07, 6.45) is 0. The van der Waals surface area contributed by atoms with Gasteiger partial charge in [-0.3, -0.25) is 0 Å². The molecule has 0 N–H and O–H groups in total. The third-order valence-corrected chi connectivity index (χ3v) is 2.35. The van der Waals surface area contributed by atoms with Crippen LogP contribution in [0.2, 0.25) is 0 Å². The summed E-state index contributed by atoms with van der Waals surface area (Å²) in [7, 11) is 0. The molecule has 0 fully saturated rings. The third-order valence-electron chi connectivity index (χ3n) is 2.35. The van der Waals surface area contributed by atoms with Crippen molar-refractivity contribution in [3.8, 4) is 0 Å². The molecule has 0 atom stereocenters. The van der Waals surface area contributed by atoms with Gasteiger partial charge in [-0.25, -0.2) is 4.39 Å². The van der Waals surface area contributed by atoms with Crippen molar-refractivity contribution in [3.05, 3.63) is 35.1 Å². The normalized spacial score (nSPS) is 11.8. The Labute approximate surface area is 84.9 Å². The highest BCUT2D eigenvalue weighted by Crippen LogP contribution is 2.28. The summed E-state index contributed by atoms with van der Waals surface area (Å²) in [4.78, 5) is 0. The van der Waals surface area contributed by atoms with E-state index in [-0.39, 0.29) is 5.82 Å². The van der Waals surface area contributed by atoms with Crippen molar-refractivity contribution in [1.29, 1.82) is 0 Å². The standard InChI is InChI=1S/C12H17FO/c1-5-14-12(3,4)10-8-6-7-9(2)11(10)13/h6-8H,5H2,1-4H3. The Bertz CT molecular complexity index is 318. The Morgan fingerprint density at radius 2 is 2.00 bits per heavy atom. The Hall–Kier alpha value is -0.890.